The number of hydrogen-bond acceptors (Lipinski definition) is 1. The molecule has 0 fully saturated rings. The molecule has 3 unspecified atom stereocenters. The van der Waals surface area contributed by atoms with Crippen LogP contribution in [-0.4, -0.2) is 6.61 Å². The molecule has 0 spiro atoms. The summed E-state index contributed by atoms with van der Waals surface area (Å²) in [6.07, 6.45) is 4.96. The minimum atomic E-state index is 0.339. The van der Waals surface area contributed by atoms with Gasteiger partial charge < -0.3 is 4.74 Å². The summed E-state index contributed by atoms with van der Waals surface area (Å²) in [6, 6.07) is 7.50. The smallest absolute Gasteiger partial charge is 0.187 e. The van der Waals surface area contributed by atoms with E-state index in [1.165, 1.54) is 25.7 Å². The van der Waals surface area contributed by atoms with Crippen LogP contribution in [0.1, 0.15) is 81.1 Å². The number of hydrogen-bond donors (Lipinski definition) is 0. The maximum absolute atomic E-state index is 7.07. The standard InChI is InChI=1S/C25H41NO/c1-19(16-24(3,4)5)10-11-21(20(2)17-25(6,7)8)18-27-23-14-12-22(26-9)13-15-23/h12-15,19-21H,10-11,16-18H2,1-8H3. The van der Waals surface area contributed by atoms with Crippen LogP contribution < -0.4 is 4.74 Å². The molecule has 0 amide bonds. The molecule has 1 aromatic rings. The zero-order valence-corrected chi connectivity index (χ0v) is 18.9. The zero-order chi connectivity index (χ0) is 20.7. The summed E-state index contributed by atoms with van der Waals surface area (Å²) in [7, 11) is 0. The van der Waals surface area contributed by atoms with Gasteiger partial charge in [0.1, 0.15) is 5.75 Å². The van der Waals surface area contributed by atoms with E-state index in [9.17, 15) is 0 Å². The molecule has 1 aromatic carbocycles. The molecule has 0 aliphatic rings. The third-order valence-electron chi connectivity index (χ3n) is 5.16. The van der Waals surface area contributed by atoms with Crippen LogP contribution in [0.2, 0.25) is 0 Å². The first-order valence-electron chi connectivity index (χ1n) is 10.5. The second-order valence-electron chi connectivity index (χ2n) is 10.9. The van der Waals surface area contributed by atoms with Gasteiger partial charge in [0.2, 0.25) is 0 Å². The van der Waals surface area contributed by atoms with Crippen molar-refractivity contribution < 1.29 is 4.74 Å². The van der Waals surface area contributed by atoms with Crippen molar-refractivity contribution in [3.8, 4) is 5.75 Å². The van der Waals surface area contributed by atoms with E-state index in [2.05, 4.69) is 60.2 Å². The lowest BCUT2D eigenvalue weighted by Crippen LogP contribution is -2.25. The van der Waals surface area contributed by atoms with Gasteiger partial charge in [-0.3, -0.25) is 0 Å². The number of benzene rings is 1. The molecule has 0 saturated carbocycles. The quantitative estimate of drug-likeness (QED) is 0.399. The van der Waals surface area contributed by atoms with Crippen molar-refractivity contribution in [1.29, 1.82) is 0 Å². The van der Waals surface area contributed by atoms with Crippen molar-refractivity contribution >= 4 is 5.69 Å². The number of ether oxygens (including phenoxy) is 1. The van der Waals surface area contributed by atoms with Crippen molar-refractivity contribution in [1.82, 2.24) is 0 Å². The van der Waals surface area contributed by atoms with Crippen LogP contribution in [0.3, 0.4) is 0 Å². The van der Waals surface area contributed by atoms with E-state index < -0.39 is 0 Å². The Kier molecular flexibility index (Phi) is 8.86. The molecule has 0 radical (unpaired) electrons. The third-order valence-corrected chi connectivity index (χ3v) is 5.16. The van der Waals surface area contributed by atoms with Gasteiger partial charge in [-0.1, -0.05) is 73.9 Å². The first kappa shape index (κ1) is 23.5. The van der Waals surface area contributed by atoms with Crippen LogP contribution in [0.4, 0.5) is 5.69 Å². The molecule has 0 aromatic heterocycles. The molecule has 0 bridgehead atoms. The van der Waals surface area contributed by atoms with Gasteiger partial charge in [-0.2, -0.15) is 0 Å². The van der Waals surface area contributed by atoms with Crippen LogP contribution in [0.5, 0.6) is 5.75 Å². The predicted molar refractivity (Wildman–Crippen MR) is 117 cm³/mol. The molecule has 152 valence electrons. The van der Waals surface area contributed by atoms with Crippen LogP contribution >= 0.6 is 0 Å². The van der Waals surface area contributed by atoms with E-state index in [1.807, 2.05) is 24.3 Å². The summed E-state index contributed by atoms with van der Waals surface area (Å²) in [6.45, 7) is 26.6. The topological polar surface area (TPSA) is 13.6 Å². The van der Waals surface area contributed by atoms with E-state index in [0.717, 1.165) is 18.3 Å². The Bertz CT molecular complexity index is 583. The first-order valence-corrected chi connectivity index (χ1v) is 10.5. The maximum Gasteiger partial charge on any atom is 0.187 e. The van der Waals surface area contributed by atoms with Crippen molar-refractivity contribution in [2.75, 3.05) is 6.61 Å². The van der Waals surface area contributed by atoms with Crippen molar-refractivity contribution in [3.63, 3.8) is 0 Å². The molecule has 2 nitrogen and oxygen atoms in total. The lowest BCUT2D eigenvalue weighted by Gasteiger charge is -2.31. The van der Waals surface area contributed by atoms with Crippen LogP contribution in [-0.2, 0) is 0 Å². The van der Waals surface area contributed by atoms with Gasteiger partial charge in [-0.15, -0.1) is 0 Å². The molecule has 27 heavy (non-hydrogen) atoms. The molecule has 0 aliphatic heterocycles. The van der Waals surface area contributed by atoms with Crippen LogP contribution in [0.25, 0.3) is 4.85 Å². The van der Waals surface area contributed by atoms with Crippen molar-refractivity contribution in [2.45, 2.75) is 81.1 Å². The molecule has 3 atom stereocenters. The zero-order valence-electron chi connectivity index (χ0n) is 18.9. The summed E-state index contributed by atoms with van der Waals surface area (Å²) in [5, 5.41) is 0. The van der Waals surface area contributed by atoms with E-state index >= 15 is 0 Å². The molecule has 0 heterocycles. The molecular formula is C25H41NO. The fourth-order valence-electron chi connectivity index (χ4n) is 4.13. The molecule has 0 saturated heterocycles. The lowest BCUT2D eigenvalue weighted by molar-refractivity contribution is 0.147. The second kappa shape index (κ2) is 10.2. The highest BCUT2D eigenvalue weighted by atomic mass is 16.5. The summed E-state index contributed by atoms with van der Waals surface area (Å²) in [5.41, 5.74) is 1.40. The summed E-state index contributed by atoms with van der Waals surface area (Å²) >= 11 is 0. The van der Waals surface area contributed by atoms with Gasteiger partial charge >= 0.3 is 0 Å². The average molecular weight is 372 g/mol. The highest BCUT2D eigenvalue weighted by molar-refractivity contribution is 5.46. The Balaban J connectivity index is 2.70. The first-order chi connectivity index (χ1) is 12.4. The SMILES string of the molecule is [C-]#[N+]c1ccc(OCC(CCC(C)CC(C)(C)C)C(C)CC(C)(C)C)cc1. The van der Waals surface area contributed by atoms with Gasteiger partial charge in [-0.25, -0.2) is 4.85 Å². The molecule has 2 heteroatoms. The van der Waals surface area contributed by atoms with Crippen LogP contribution in [0.15, 0.2) is 24.3 Å². The fraction of sp³-hybridized carbons (Fsp3) is 0.720. The normalized spacial score (nSPS) is 15.7. The molecule has 0 aliphatic carbocycles. The molecule has 0 N–H and O–H groups in total. The predicted octanol–water partition coefficient (Wildman–Crippen LogP) is 8.16. The summed E-state index contributed by atoms with van der Waals surface area (Å²) in [5.74, 6) is 2.81. The third kappa shape index (κ3) is 10.4. The maximum atomic E-state index is 7.07. The van der Waals surface area contributed by atoms with E-state index in [-0.39, 0.29) is 0 Å². The van der Waals surface area contributed by atoms with E-state index in [4.69, 9.17) is 11.3 Å². The Hall–Kier alpha value is -1.49. The van der Waals surface area contributed by atoms with Crippen molar-refractivity contribution in [3.05, 3.63) is 35.7 Å². The monoisotopic (exact) mass is 371 g/mol. The van der Waals surface area contributed by atoms with E-state index in [0.29, 0.717) is 28.4 Å². The highest BCUT2D eigenvalue weighted by Crippen LogP contribution is 2.34. The minimum Gasteiger partial charge on any atom is -0.493 e. The Morgan fingerprint density at radius 1 is 0.889 bits per heavy atom. The van der Waals surface area contributed by atoms with E-state index in [1.54, 1.807) is 0 Å². The largest absolute Gasteiger partial charge is 0.493 e. The van der Waals surface area contributed by atoms with Gasteiger partial charge in [0.05, 0.1) is 13.2 Å². The molecule has 1 rings (SSSR count). The summed E-state index contributed by atoms with van der Waals surface area (Å²) < 4.78 is 6.13. The minimum absolute atomic E-state index is 0.339. The van der Waals surface area contributed by atoms with Gasteiger partial charge in [0.15, 0.2) is 5.69 Å². The Morgan fingerprint density at radius 2 is 1.44 bits per heavy atom. The average Bonchev–Trinajstić information content (AvgIpc) is 2.52. The highest BCUT2D eigenvalue weighted by Gasteiger charge is 2.25. The van der Waals surface area contributed by atoms with Crippen molar-refractivity contribution in [2.24, 2.45) is 28.6 Å². The Labute approximate surface area is 168 Å². The van der Waals surface area contributed by atoms with Gasteiger partial charge in [0, 0.05) is 0 Å². The molecular weight excluding hydrogens is 330 g/mol. The van der Waals surface area contributed by atoms with Gasteiger partial charge in [0.25, 0.3) is 0 Å². The number of nitrogens with zero attached hydrogens (tertiary/aromatic N) is 1. The summed E-state index contributed by atoms with van der Waals surface area (Å²) in [4.78, 5) is 3.45. The lowest BCUT2D eigenvalue weighted by atomic mass is 9.76. The Morgan fingerprint density at radius 3 is 1.93 bits per heavy atom. The van der Waals surface area contributed by atoms with Crippen LogP contribution in [0, 0.1) is 35.2 Å². The second-order valence-corrected chi connectivity index (χ2v) is 10.9. The fourth-order valence-corrected chi connectivity index (χ4v) is 4.13. The van der Waals surface area contributed by atoms with Gasteiger partial charge in [-0.05, 0) is 60.0 Å². The number of rotatable bonds is 9.